The third-order valence-electron chi connectivity index (χ3n) is 3.51. The fraction of sp³-hybridized carbons (Fsp3) is 0.176. The van der Waals surface area contributed by atoms with E-state index in [2.05, 4.69) is 10.2 Å². The minimum atomic E-state index is -4.32. The van der Waals surface area contributed by atoms with Crippen LogP contribution in [0, 0.1) is 0 Å². The van der Waals surface area contributed by atoms with Gasteiger partial charge >= 0.3 is 6.18 Å². The molecule has 0 unspecified atom stereocenters. The van der Waals surface area contributed by atoms with Gasteiger partial charge in [-0.05, 0) is 29.8 Å². The van der Waals surface area contributed by atoms with Gasteiger partial charge in [0, 0.05) is 5.75 Å². The molecule has 1 heterocycles. The third kappa shape index (κ3) is 3.96. The predicted molar refractivity (Wildman–Crippen MR) is 88.9 cm³/mol. The first-order valence-corrected chi connectivity index (χ1v) is 8.30. The van der Waals surface area contributed by atoms with Crippen molar-refractivity contribution in [2.45, 2.75) is 17.1 Å². The average Bonchev–Trinajstić information content (AvgIpc) is 3.08. The summed E-state index contributed by atoms with van der Waals surface area (Å²) in [4.78, 5) is 0. The Hall–Kier alpha value is -2.48. The molecular formula is C17H14F3N3OS. The zero-order valence-electron chi connectivity index (χ0n) is 13.2. The molecule has 3 rings (SSSR count). The van der Waals surface area contributed by atoms with Crippen LogP contribution in [-0.2, 0) is 11.9 Å². The largest absolute Gasteiger partial charge is 0.495 e. The van der Waals surface area contributed by atoms with Gasteiger partial charge in [0.05, 0.1) is 18.4 Å². The van der Waals surface area contributed by atoms with Crippen LogP contribution in [-0.4, -0.2) is 21.9 Å². The number of alkyl halides is 3. The smallest absolute Gasteiger partial charge is 0.416 e. The number of hydrogen-bond acceptors (Lipinski definition) is 4. The topological polar surface area (TPSA) is 39.9 Å². The van der Waals surface area contributed by atoms with Crippen LogP contribution in [0.2, 0.25) is 0 Å². The lowest BCUT2D eigenvalue weighted by Gasteiger charge is -2.11. The van der Waals surface area contributed by atoms with Gasteiger partial charge in [-0.1, -0.05) is 36.0 Å². The van der Waals surface area contributed by atoms with Crippen LogP contribution < -0.4 is 4.74 Å². The summed E-state index contributed by atoms with van der Waals surface area (Å²) in [5.41, 5.74) is 0.913. The number of aromatic nitrogens is 3. The van der Waals surface area contributed by atoms with Gasteiger partial charge in [0.2, 0.25) is 0 Å². The first-order valence-electron chi connectivity index (χ1n) is 7.31. The maximum atomic E-state index is 12.6. The van der Waals surface area contributed by atoms with E-state index in [1.807, 2.05) is 24.3 Å². The van der Waals surface area contributed by atoms with Crippen molar-refractivity contribution in [2.24, 2.45) is 0 Å². The normalized spacial score (nSPS) is 11.5. The number of nitrogens with zero attached hydrogens (tertiary/aromatic N) is 3. The van der Waals surface area contributed by atoms with Gasteiger partial charge < -0.3 is 4.74 Å². The molecule has 8 heteroatoms. The molecule has 1 aromatic heterocycles. The fourth-order valence-corrected chi connectivity index (χ4v) is 3.13. The van der Waals surface area contributed by atoms with E-state index in [4.69, 9.17) is 4.74 Å². The Morgan fingerprint density at radius 1 is 1.08 bits per heavy atom. The summed E-state index contributed by atoms with van der Waals surface area (Å²) >= 11 is 1.39. The van der Waals surface area contributed by atoms with E-state index in [1.54, 1.807) is 18.0 Å². The second-order valence-corrected chi connectivity index (χ2v) is 6.08. The highest BCUT2D eigenvalue weighted by atomic mass is 32.2. The van der Waals surface area contributed by atoms with E-state index in [9.17, 15) is 13.2 Å². The fourth-order valence-electron chi connectivity index (χ4n) is 2.25. The number of halogens is 3. The molecule has 0 saturated carbocycles. The highest BCUT2D eigenvalue weighted by molar-refractivity contribution is 7.98. The molecule has 130 valence electrons. The van der Waals surface area contributed by atoms with E-state index >= 15 is 0 Å². The summed E-state index contributed by atoms with van der Waals surface area (Å²) in [6.45, 7) is 0. The van der Waals surface area contributed by atoms with Gasteiger partial charge in [0.1, 0.15) is 12.1 Å². The van der Waals surface area contributed by atoms with Crippen molar-refractivity contribution in [3.63, 3.8) is 0 Å². The maximum Gasteiger partial charge on any atom is 0.416 e. The first-order chi connectivity index (χ1) is 12.0. The molecule has 4 nitrogen and oxygen atoms in total. The van der Waals surface area contributed by atoms with Crippen molar-refractivity contribution in [1.29, 1.82) is 0 Å². The second-order valence-electron chi connectivity index (χ2n) is 5.14. The first kappa shape index (κ1) is 17.3. The minimum absolute atomic E-state index is 0.478. The molecule has 0 aliphatic rings. The van der Waals surface area contributed by atoms with Crippen LogP contribution in [0.15, 0.2) is 60.0 Å². The monoisotopic (exact) mass is 365 g/mol. The van der Waals surface area contributed by atoms with Gasteiger partial charge in [0.15, 0.2) is 5.16 Å². The van der Waals surface area contributed by atoms with Crippen molar-refractivity contribution in [2.75, 3.05) is 7.11 Å². The lowest BCUT2D eigenvalue weighted by atomic mass is 10.1. The Kier molecular flexibility index (Phi) is 4.98. The minimum Gasteiger partial charge on any atom is -0.495 e. The molecule has 0 N–H and O–H groups in total. The number of hydrogen-bond donors (Lipinski definition) is 0. The van der Waals surface area contributed by atoms with Crippen LogP contribution >= 0.6 is 11.8 Å². The van der Waals surface area contributed by atoms with Crippen molar-refractivity contribution in [3.8, 4) is 11.4 Å². The number of rotatable bonds is 5. The molecule has 0 radical (unpaired) electrons. The molecule has 0 bridgehead atoms. The molecule has 2 aromatic carbocycles. The standard InChI is InChI=1S/C17H14F3N3OS/c1-24-15-5-3-2-4-14(15)23-11-21-22-16(23)25-10-12-6-8-13(9-7-12)17(18,19)20/h2-9,11H,10H2,1H3. The van der Waals surface area contributed by atoms with E-state index in [1.165, 1.54) is 23.9 Å². The predicted octanol–water partition coefficient (Wildman–Crippen LogP) is 4.59. The highest BCUT2D eigenvalue weighted by Crippen LogP contribution is 2.31. The number of thioether (sulfide) groups is 1. The van der Waals surface area contributed by atoms with Gasteiger partial charge in [0.25, 0.3) is 0 Å². The van der Waals surface area contributed by atoms with Crippen LogP contribution in [0.4, 0.5) is 13.2 Å². The van der Waals surface area contributed by atoms with Gasteiger partial charge in [-0.3, -0.25) is 4.57 Å². The summed E-state index contributed by atoms with van der Waals surface area (Å²) in [5, 5.41) is 8.63. The average molecular weight is 365 g/mol. The van der Waals surface area contributed by atoms with E-state index in [0.717, 1.165) is 23.4 Å². The molecule has 25 heavy (non-hydrogen) atoms. The highest BCUT2D eigenvalue weighted by Gasteiger charge is 2.29. The van der Waals surface area contributed by atoms with Crippen LogP contribution in [0.1, 0.15) is 11.1 Å². The maximum absolute atomic E-state index is 12.6. The SMILES string of the molecule is COc1ccccc1-n1cnnc1SCc1ccc(C(F)(F)F)cc1. The molecule has 0 atom stereocenters. The van der Waals surface area contributed by atoms with Gasteiger partial charge in [-0.25, -0.2) is 0 Å². The Labute approximate surface area is 146 Å². The lowest BCUT2D eigenvalue weighted by molar-refractivity contribution is -0.137. The zero-order chi connectivity index (χ0) is 17.9. The van der Waals surface area contributed by atoms with Crippen molar-refractivity contribution in [1.82, 2.24) is 14.8 Å². The molecule has 0 spiro atoms. The summed E-state index contributed by atoms with van der Waals surface area (Å²) < 4.78 is 44.9. The second kappa shape index (κ2) is 7.18. The van der Waals surface area contributed by atoms with E-state index in [-0.39, 0.29) is 0 Å². The summed E-state index contributed by atoms with van der Waals surface area (Å²) in [6.07, 6.45) is -2.75. The summed E-state index contributed by atoms with van der Waals surface area (Å²) in [5.74, 6) is 1.16. The molecule has 3 aromatic rings. The van der Waals surface area contributed by atoms with E-state index < -0.39 is 11.7 Å². The molecule has 0 fully saturated rings. The van der Waals surface area contributed by atoms with Gasteiger partial charge in [-0.2, -0.15) is 13.2 Å². The summed E-state index contributed by atoms with van der Waals surface area (Å²) in [6, 6.07) is 12.6. The number of benzene rings is 2. The van der Waals surface area contributed by atoms with Crippen LogP contribution in [0.3, 0.4) is 0 Å². The molecule has 0 aliphatic heterocycles. The number of methoxy groups -OCH3 is 1. The van der Waals surface area contributed by atoms with Crippen LogP contribution in [0.5, 0.6) is 5.75 Å². The Bertz CT molecular complexity index is 847. The quantitative estimate of drug-likeness (QED) is 0.620. The Balaban J connectivity index is 1.76. The van der Waals surface area contributed by atoms with Gasteiger partial charge in [-0.15, -0.1) is 10.2 Å². The zero-order valence-corrected chi connectivity index (χ0v) is 14.0. The molecular weight excluding hydrogens is 351 g/mol. The van der Waals surface area contributed by atoms with Crippen molar-refractivity contribution < 1.29 is 17.9 Å². The number of para-hydroxylation sites is 2. The molecule has 0 aliphatic carbocycles. The number of ether oxygens (including phenoxy) is 1. The Morgan fingerprint density at radius 2 is 1.80 bits per heavy atom. The molecule has 0 saturated heterocycles. The Morgan fingerprint density at radius 3 is 2.48 bits per heavy atom. The van der Waals surface area contributed by atoms with Crippen LogP contribution in [0.25, 0.3) is 5.69 Å². The van der Waals surface area contributed by atoms with Crippen molar-refractivity contribution in [3.05, 3.63) is 66.0 Å². The summed E-state index contributed by atoms with van der Waals surface area (Å²) in [7, 11) is 1.58. The lowest BCUT2D eigenvalue weighted by Crippen LogP contribution is -2.04. The van der Waals surface area contributed by atoms with Crippen molar-refractivity contribution >= 4 is 11.8 Å². The third-order valence-corrected chi connectivity index (χ3v) is 4.52. The molecule has 0 amide bonds. The van der Waals surface area contributed by atoms with E-state index in [0.29, 0.717) is 16.7 Å².